The molecule has 0 spiro atoms. The molecule has 4 rings (SSSR count). The van der Waals surface area contributed by atoms with E-state index in [2.05, 4.69) is 4.98 Å². The highest BCUT2D eigenvalue weighted by Crippen LogP contribution is 2.39. The SMILES string of the molecule is NCc1cc2cc(-c3ccc(C(=S)N4CCC(F)(F)CC4)cn3)cc(C(F)(F)F)c2o1. The number of piperidine rings is 1. The number of alkyl halides is 5. The highest BCUT2D eigenvalue weighted by molar-refractivity contribution is 7.80. The maximum Gasteiger partial charge on any atom is 0.420 e. The number of rotatable bonds is 3. The molecule has 3 heterocycles. The van der Waals surface area contributed by atoms with Gasteiger partial charge in [-0.05, 0) is 30.3 Å². The van der Waals surface area contributed by atoms with Gasteiger partial charge in [-0.15, -0.1) is 0 Å². The van der Waals surface area contributed by atoms with E-state index in [0.717, 1.165) is 6.07 Å². The van der Waals surface area contributed by atoms with Gasteiger partial charge in [-0.25, -0.2) is 8.78 Å². The van der Waals surface area contributed by atoms with Crippen LogP contribution in [0.25, 0.3) is 22.2 Å². The number of likely N-dealkylation sites (tertiary alicyclic amines) is 1. The molecule has 4 nitrogen and oxygen atoms in total. The van der Waals surface area contributed by atoms with Crippen molar-refractivity contribution >= 4 is 28.2 Å². The number of aromatic nitrogens is 1. The standard InChI is InChI=1S/C21H18F5N3OS/c22-20(23)3-5-29(6-4-20)19(31)12-1-2-17(28-11-12)13-7-14-8-15(10-27)30-18(14)16(9-13)21(24,25)26/h1-2,7-9,11H,3-6,10,27H2. The summed E-state index contributed by atoms with van der Waals surface area (Å²) in [5, 5.41) is 0.279. The second-order valence-electron chi connectivity index (χ2n) is 7.44. The Morgan fingerprint density at radius 3 is 2.45 bits per heavy atom. The number of hydrogen-bond acceptors (Lipinski definition) is 4. The molecule has 10 heteroatoms. The predicted octanol–water partition coefficient (Wildman–Crippen LogP) is 5.38. The molecule has 2 aromatic heterocycles. The number of thiocarbonyl (C=S) groups is 1. The van der Waals surface area contributed by atoms with Crippen molar-refractivity contribution in [3.05, 3.63) is 53.4 Å². The van der Waals surface area contributed by atoms with Crippen LogP contribution >= 0.6 is 12.2 Å². The zero-order valence-corrected chi connectivity index (χ0v) is 17.0. The fourth-order valence-electron chi connectivity index (χ4n) is 3.58. The summed E-state index contributed by atoms with van der Waals surface area (Å²) in [6.45, 7) is 0.264. The summed E-state index contributed by atoms with van der Waals surface area (Å²) in [7, 11) is 0. The summed E-state index contributed by atoms with van der Waals surface area (Å²) in [6.07, 6.45) is -3.71. The van der Waals surface area contributed by atoms with Crippen molar-refractivity contribution in [1.29, 1.82) is 0 Å². The maximum atomic E-state index is 13.6. The topological polar surface area (TPSA) is 55.3 Å². The summed E-state index contributed by atoms with van der Waals surface area (Å²) in [4.78, 5) is 6.35. The lowest BCUT2D eigenvalue weighted by molar-refractivity contribution is -0.136. The van der Waals surface area contributed by atoms with Gasteiger partial charge in [0.25, 0.3) is 5.92 Å². The summed E-state index contributed by atoms with van der Waals surface area (Å²) in [6, 6.07) is 7.21. The third-order valence-corrected chi connectivity index (χ3v) is 5.76. The molecule has 0 unspecified atom stereocenters. The minimum absolute atomic E-state index is 0.0197. The molecule has 1 saturated heterocycles. The van der Waals surface area contributed by atoms with Crippen molar-refractivity contribution in [2.24, 2.45) is 5.73 Å². The van der Waals surface area contributed by atoms with Crippen LogP contribution in [0.1, 0.15) is 29.7 Å². The van der Waals surface area contributed by atoms with E-state index in [9.17, 15) is 22.0 Å². The number of benzene rings is 1. The average molecular weight is 455 g/mol. The fraction of sp³-hybridized carbons (Fsp3) is 0.333. The van der Waals surface area contributed by atoms with Crippen LogP contribution in [-0.2, 0) is 12.7 Å². The van der Waals surface area contributed by atoms with Gasteiger partial charge in [-0.2, -0.15) is 13.2 Å². The van der Waals surface area contributed by atoms with Gasteiger partial charge in [0.05, 0.1) is 17.8 Å². The first kappa shape index (κ1) is 21.6. The fourth-order valence-corrected chi connectivity index (χ4v) is 3.88. The molecular formula is C21H18F5N3OS. The molecule has 0 atom stereocenters. The van der Waals surface area contributed by atoms with Gasteiger partial charge in [0.2, 0.25) is 0 Å². The van der Waals surface area contributed by atoms with E-state index in [1.54, 1.807) is 23.1 Å². The van der Waals surface area contributed by atoms with Crippen LogP contribution in [0.15, 0.2) is 40.9 Å². The van der Waals surface area contributed by atoms with Crippen molar-refractivity contribution in [3.63, 3.8) is 0 Å². The van der Waals surface area contributed by atoms with E-state index in [4.69, 9.17) is 22.4 Å². The second-order valence-corrected chi connectivity index (χ2v) is 7.82. The number of fused-ring (bicyclic) bond motifs is 1. The normalized spacial score (nSPS) is 16.6. The molecule has 0 radical (unpaired) electrons. The summed E-state index contributed by atoms with van der Waals surface area (Å²) in [5.74, 6) is -2.43. The Hall–Kier alpha value is -2.59. The van der Waals surface area contributed by atoms with Crippen molar-refractivity contribution in [3.8, 4) is 11.3 Å². The number of furan rings is 1. The minimum Gasteiger partial charge on any atom is -0.459 e. The van der Waals surface area contributed by atoms with Gasteiger partial charge >= 0.3 is 6.18 Å². The molecular weight excluding hydrogens is 437 g/mol. The third-order valence-electron chi connectivity index (χ3n) is 5.26. The number of nitrogens with zero attached hydrogens (tertiary/aromatic N) is 2. The Bertz CT molecular complexity index is 1110. The summed E-state index contributed by atoms with van der Waals surface area (Å²) >= 11 is 5.39. The predicted molar refractivity (Wildman–Crippen MR) is 110 cm³/mol. The molecule has 3 aromatic rings. The van der Waals surface area contributed by atoms with Gasteiger partial charge < -0.3 is 15.1 Å². The highest BCUT2D eigenvalue weighted by atomic mass is 32.1. The first-order valence-corrected chi connectivity index (χ1v) is 9.95. The van der Waals surface area contributed by atoms with E-state index in [1.807, 2.05) is 0 Å². The largest absolute Gasteiger partial charge is 0.459 e. The lowest BCUT2D eigenvalue weighted by atomic mass is 10.0. The van der Waals surface area contributed by atoms with E-state index in [1.165, 1.54) is 12.3 Å². The van der Waals surface area contributed by atoms with Crippen LogP contribution in [0.2, 0.25) is 0 Å². The first-order valence-electron chi connectivity index (χ1n) is 9.55. The third kappa shape index (κ3) is 4.40. The Morgan fingerprint density at radius 1 is 1.16 bits per heavy atom. The van der Waals surface area contributed by atoms with Gasteiger partial charge in [0, 0.05) is 48.6 Å². The van der Waals surface area contributed by atoms with E-state index in [0.29, 0.717) is 16.2 Å². The quantitative estimate of drug-likeness (QED) is 0.425. The second kappa shape index (κ2) is 7.83. The molecule has 31 heavy (non-hydrogen) atoms. The zero-order valence-electron chi connectivity index (χ0n) is 16.2. The highest BCUT2D eigenvalue weighted by Gasteiger charge is 2.36. The molecule has 1 aromatic carbocycles. The molecule has 0 saturated carbocycles. The molecule has 0 bridgehead atoms. The van der Waals surface area contributed by atoms with Gasteiger partial charge in [0.15, 0.2) is 0 Å². The molecule has 164 valence electrons. The molecule has 2 N–H and O–H groups in total. The van der Waals surface area contributed by atoms with Gasteiger partial charge in [-0.3, -0.25) is 4.98 Å². The summed E-state index contributed by atoms with van der Waals surface area (Å²) < 4.78 is 72.7. The Kier molecular flexibility index (Phi) is 5.47. The molecule has 1 aliphatic rings. The molecule has 0 amide bonds. The van der Waals surface area contributed by atoms with Crippen molar-refractivity contribution in [2.75, 3.05) is 13.1 Å². The van der Waals surface area contributed by atoms with Crippen molar-refractivity contribution in [1.82, 2.24) is 9.88 Å². The monoisotopic (exact) mass is 455 g/mol. The van der Waals surface area contributed by atoms with Crippen molar-refractivity contribution < 1.29 is 26.4 Å². The van der Waals surface area contributed by atoms with Crippen LogP contribution in [0, 0.1) is 0 Å². The van der Waals surface area contributed by atoms with Crippen LogP contribution in [-0.4, -0.2) is 33.9 Å². The van der Waals surface area contributed by atoms with Crippen molar-refractivity contribution in [2.45, 2.75) is 31.5 Å². The molecule has 1 aliphatic heterocycles. The van der Waals surface area contributed by atoms with E-state index >= 15 is 0 Å². The van der Waals surface area contributed by atoms with E-state index < -0.39 is 17.7 Å². The number of hydrogen-bond donors (Lipinski definition) is 1. The Balaban J connectivity index is 1.64. The number of pyridine rings is 1. The van der Waals surface area contributed by atoms with Crippen LogP contribution in [0.4, 0.5) is 22.0 Å². The van der Waals surface area contributed by atoms with Crippen LogP contribution in [0.3, 0.4) is 0 Å². The first-order chi connectivity index (χ1) is 14.6. The van der Waals surface area contributed by atoms with Gasteiger partial charge in [-0.1, -0.05) is 12.2 Å². The number of halogens is 5. The van der Waals surface area contributed by atoms with Gasteiger partial charge in [0.1, 0.15) is 16.3 Å². The van der Waals surface area contributed by atoms with Crippen LogP contribution in [0.5, 0.6) is 0 Å². The summed E-state index contributed by atoms with van der Waals surface area (Å²) in [5.41, 5.74) is 5.46. The zero-order chi connectivity index (χ0) is 22.4. The van der Waals surface area contributed by atoms with Crippen LogP contribution < -0.4 is 5.73 Å². The molecule has 1 fully saturated rings. The smallest absolute Gasteiger partial charge is 0.420 e. The Labute approximate surface area is 179 Å². The Morgan fingerprint density at radius 2 is 1.87 bits per heavy atom. The maximum absolute atomic E-state index is 13.6. The number of nitrogens with two attached hydrogens (primary N) is 1. The molecule has 0 aliphatic carbocycles. The minimum atomic E-state index is -4.62. The average Bonchev–Trinajstić information content (AvgIpc) is 3.15. The van der Waals surface area contributed by atoms with E-state index in [-0.39, 0.29) is 54.8 Å². The lowest BCUT2D eigenvalue weighted by Crippen LogP contribution is -2.42. The lowest BCUT2D eigenvalue weighted by Gasteiger charge is -2.33.